The number of nitrogens with zero attached hydrogens (tertiary/aromatic N) is 2. The van der Waals surface area contributed by atoms with Crippen molar-refractivity contribution < 1.29 is 26.3 Å². The first-order valence-corrected chi connectivity index (χ1v) is 27.6. The van der Waals surface area contributed by atoms with Gasteiger partial charge in [0.1, 0.15) is 0 Å². The Morgan fingerprint density at radius 1 is 0.378 bits per heavy atom. The topological polar surface area (TPSA) is 6.48 Å². The van der Waals surface area contributed by atoms with Crippen molar-refractivity contribution in [3.63, 3.8) is 0 Å². The highest BCUT2D eigenvalue weighted by molar-refractivity contribution is 5.92. The molecule has 0 spiro atoms. The molecule has 2 atom stereocenters. The Hall–Kier alpha value is -8.88. The zero-order valence-electron chi connectivity index (χ0n) is 46.9. The fourth-order valence-corrected chi connectivity index (χ4v) is 12.8. The molecule has 8 heteroatoms. The van der Waals surface area contributed by atoms with Crippen LogP contribution >= 0.6 is 0 Å². The van der Waals surface area contributed by atoms with Crippen molar-refractivity contribution in [2.75, 3.05) is 9.80 Å². The molecule has 0 saturated carbocycles. The Bertz CT molecular complexity index is 4070. The van der Waals surface area contributed by atoms with E-state index in [4.69, 9.17) is 0 Å². The lowest BCUT2D eigenvalue weighted by Crippen LogP contribution is -2.37. The third kappa shape index (κ3) is 10.2. The average Bonchev–Trinajstić information content (AvgIpc) is 3.61. The van der Waals surface area contributed by atoms with E-state index in [1.54, 1.807) is 24.3 Å². The van der Waals surface area contributed by atoms with Crippen LogP contribution in [0.1, 0.15) is 55.6 Å². The van der Waals surface area contributed by atoms with Crippen molar-refractivity contribution in [2.24, 2.45) is 5.92 Å². The van der Waals surface area contributed by atoms with Crippen LogP contribution in [0, 0.1) is 61.3 Å². The summed E-state index contributed by atoms with van der Waals surface area (Å²) in [4.78, 5) is 4.28. The summed E-state index contributed by atoms with van der Waals surface area (Å²) in [6, 6.07) is 49.1. The summed E-state index contributed by atoms with van der Waals surface area (Å²) < 4.78 is 86.4. The third-order valence-corrected chi connectivity index (χ3v) is 16.1. The molecule has 2 unspecified atom stereocenters. The van der Waals surface area contributed by atoms with E-state index in [2.05, 4.69) is 223 Å². The maximum absolute atomic E-state index is 14.4. The number of hydrogen-bond donors (Lipinski definition) is 0. The summed E-state index contributed by atoms with van der Waals surface area (Å²) in [6.07, 6.45) is 7.91. The first-order valence-electron chi connectivity index (χ1n) is 27.6. The standard InChI is InChI=1S/C74H60F6N2/c1-43-29-44(2)34-55(33-43)53-13-27-69(65(41-53)57-37-47(5)31-48(6)38-57)81(61-19-15-59(16-20-61)73(75,76)77)67-25-11-51-10-24-64-68(26-12-52-9-23-63(67)71(51)72(52)64)82(62-21-17-60(18-22-62)74(78,79)80)70-28-14-54(56-35-45(3)30-46(4)36-56)42-66(70)58-39-49(7)32-50(8)40-58/h9-42,67,72H,1-8H3. The number of rotatable bonds is 10. The van der Waals surface area contributed by atoms with E-state index in [9.17, 15) is 26.3 Å². The summed E-state index contributed by atoms with van der Waals surface area (Å²) in [7, 11) is 0. The molecule has 12 rings (SSSR count). The monoisotopic (exact) mass is 1090 g/mol. The van der Waals surface area contributed by atoms with Crippen LogP contribution in [0.3, 0.4) is 0 Å². The molecular formula is C74H60F6N2. The maximum atomic E-state index is 14.4. The molecule has 4 aliphatic rings. The Kier molecular flexibility index (Phi) is 13.5. The molecule has 82 heavy (non-hydrogen) atoms. The summed E-state index contributed by atoms with van der Waals surface area (Å²) in [5.74, 6) is -0.316. The van der Waals surface area contributed by atoms with Crippen molar-refractivity contribution in [1.29, 1.82) is 0 Å². The van der Waals surface area contributed by atoms with Gasteiger partial charge in [0.15, 0.2) is 0 Å². The van der Waals surface area contributed by atoms with Crippen molar-refractivity contribution in [3.05, 3.63) is 296 Å². The normalized spacial score (nSPS) is 16.3. The first kappa shape index (κ1) is 53.7. The molecule has 4 aliphatic carbocycles. The van der Waals surface area contributed by atoms with Crippen LogP contribution in [0.4, 0.5) is 49.1 Å². The number of benzene rings is 8. The molecular weight excluding hydrogens is 1030 g/mol. The Labute approximate surface area is 476 Å². The highest BCUT2D eigenvalue weighted by Crippen LogP contribution is 2.54. The van der Waals surface area contributed by atoms with Crippen LogP contribution in [0.2, 0.25) is 0 Å². The molecule has 0 bridgehead atoms. The van der Waals surface area contributed by atoms with Crippen LogP contribution in [0.25, 0.3) is 44.5 Å². The third-order valence-electron chi connectivity index (χ3n) is 16.1. The Morgan fingerprint density at radius 3 is 1.29 bits per heavy atom. The molecule has 0 fully saturated rings. The number of halogens is 6. The number of hydrogen-bond acceptors (Lipinski definition) is 2. The lowest BCUT2D eigenvalue weighted by molar-refractivity contribution is -0.138. The molecule has 0 radical (unpaired) electrons. The Morgan fingerprint density at radius 2 is 0.817 bits per heavy atom. The van der Waals surface area contributed by atoms with Gasteiger partial charge >= 0.3 is 12.4 Å². The SMILES string of the molecule is Cc1cc(C)cc(-c2ccc(N(C3=C4C=CC5=C6C(=CC=C(C=C3)C46)C(N(c3ccc(C(F)(F)F)cc3)c3ccc(-c4cc(C)cc(C)c4)cc3-c3cc(C)cc(C)c3)C=C5)c3ccc(C(F)(F)F)cc3)c(-c3cc(C)cc(C)c3)c2)c1. The van der Waals surface area contributed by atoms with Gasteiger partial charge in [0.25, 0.3) is 0 Å². The lowest BCUT2D eigenvalue weighted by atomic mass is 9.67. The van der Waals surface area contributed by atoms with E-state index < -0.39 is 29.5 Å². The van der Waals surface area contributed by atoms with Gasteiger partial charge in [-0.05, 0) is 196 Å². The largest absolute Gasteiger partial charge is 0.416 e. The lowest BCUT2D eigenvalue weighted by Gasteiger charge is -2.44. The molecule has 0 heterocycles. The Balaban J connectivity index is 1.05. The van der Waals surface area contributed by atoms with Crippen molar-refractivity contribution in [3.8, 4) is 44.5 Å². The molecule has 0 amide bonds. The number of aryl methyl sites for hydroxylation is 8. The van der Waals surface area contributed by atoms with Crippen LogP contribution in [-0.2, 0) is 12.4 Å². The summed E-state index contributed by atoms with van der Waals surface area (Å²) >= 11 is 0. The number of anilines is 4. The summed E-state index contributed by atoms with van der Waals surface area (Å²) in [5.41, 5.74) is 23.8. The van der Waals surface area contributed by atoms with Gasteiger partial charge in [-0.3, -0.25) is 0 Å². The minimum atomic E-state index is -4.55. The van der Waals surface area contributed by atoms with Crippen molar-refractivity contribution >= 4 is 22.7 Å². The number of allylic oxidation sites excluding steroid dienone is 10. The molecule has 408 valence electrons. The minimum absolute atomic E-state index is 0.316. The fraction of sp³-hybridized carbons (Fsp3) is 0.162. The summed E-state index contributed by atoms with van der Waals surface area (Å²) in [6.45, 7) is 16.6. The predicted molar refractivity (Wildman–Crippen MR) is 325 cm³/mol. The molecule has 8 aromatic carbocycles. The van der Waals surface area contributed by atoms with E-state index in [0.29, 0.717) is 11.4 Å². The first-order chi connectivity index (χ1) is 39.1. The van der Waals surface area contributed by atoms with Gasteiger partial charge in [-0.2, -0.15) is 26.3 Å². The molecule has 2 nitrogen and oxygen atoms in total. The van der Waals surface area contributed by atoms with Crippen LogP contribution < -0.4 is 9.80 Å². The van der Waals surface area contributed by atoms with Crippen molar-refractivity contribution in [2.45, 2.75) is 73.8 Å². The van der Waals surface area contributed by atoms with Gasteiger partial charge in [0.05, 0.1) is 28.6 Å². The van der Waals surface area contributed by atoms with Crippen LogP contribution in [0.15, 0.2) is 240 Å². The van der Waals surface area contributed by atoms with Gasteiger partial charge < -0.3 is 9.80 Å². The van der Waals surface area contributed by atoms with Crippen molar-refractivity contribution in [1.82, 2.24) is 0 Å². The van der Waals surface area contributed by atoms with Gasteiger partial charge in [-0.1, -0.05) is 172 Å². The second kappa shape index (κ2) is 20.6. The van der Waals surface area contributed by atoms with E-state index >= 15 is 0 Å². The smallest absolute Gasteiger partial charge is 0.330 e. The molecule has 0 saturated heterocycles. The van der Waals surface area contributed by atoms with E-state index in [1.165, 1.54) is 0 Å². The molecule has 8 aromatic rings. The minimum Gasteiger partial charge on any atom is -0.330 e. The molecule has 0 N–H and O–H groups in total. The highest BCUT2D eigenvalue weighted by atomic mass is 19.4. The van der Waals surface area contributed by atoms with Gasteiger partial charge in [-0.15, -0.1) is 0 Å². The van der Waals surface area contributed by atoms with Gasteiger partial charge in [-0.25, -0.2) is 0 Å². The van der Waals surface area contributed by atoms with Crippen LogP contribution in [-0.4, -0.2) is 6.04 Å². The van der Waals surface area contributed by atoms with E-state index in [1.807, 2.05) is 0 Å². The fourth-order valence-electron chi connectivity index (χ4n) is 12.8. The maximum Gasteiger partial charge on any atom is 0.416 e. The summed E-state index contributed by atoms with van der Waals surface area (Å²) in [5, 5.41) is 0. The van der Waals surface area contributed by atoms with Gasteiger partial charge in [0.2, 0.25) is 0 Å². The highest BCUT2D eigenvalue weighted by Gasteiger charge is 2.41. The average molecular weight is 1090 g/mol. The van der Waals surface area contributed by atoms with E-state index in [0.717, 1.165) is 158 Å². The quantitative estimate of drug-likeness (QED) is 0.126. The molecule has 0 aromatic heterocycles. The van der Waals surface area contributed by atoms with Crippen LogP contribution in [0.5, 0.6) is 0 Å². The predicted octanol–water partition coefficient (Wildman–Crippen LogP) is 20.9. The zero-order valence-corrected chi connectivity index (χ0v) is 46.9. The zero-order chi connectivity index (χ0) is 57.5. The second-order valence-electron chi connectivity index (χ2n) is 22.7. The van der Waals surface area contributed by atoms with E-state index in [-0.39, 0.29) is 5.92 Å². The van der Waals surface area contributed by atoms with Gasteiger partial charge in [0, 0.05) is 34.1 Å². The second-order valence-corrected chi connectivity index (χ2v) is 22.7. The molecule has 0 aliphatic heterocycles. The number of alkyl halides is 6.